The van der Waals surface area contributed by atoms with Crippen LogP contribution in [0.5, 0.6) is 0 Å². The molecule has 1 aliphatic heterocycles. The Morgan fingerprint density at radius 1 is 1.00 bits per heavy atom. The van der Waals surface area contributed by atoms with Crippen LogP contribution in [0, 0.1) is 57.2 Å². The van der Waals surface area contributed by atoms with Crippen molar-refractivity contribution in [1.82, 2.24) is 0 Å². The van der Waals surface area contributed by atoms with E-state index < -0.39 is 17.6 Å². The van der Waals surface area contributed by atoms with Gasteiger partial charge < -0.3 is 14.6 Å². The van der Waals surface area contributed by atoms with E-state index in [1.54, 1.807) is 39.0 Å². The molecule has 0 bridgehead atoms. The van der Waals surface area contributed by atoms with Crippen molar-refractivity contribution in [2.24, 2.45) is 5.41 Å². The summed E-state index contributed by atoms with van der Waals surface area (Å²) in [7, 11) is 0. The summed E-state index contributed by atoms with van der Waals surface area (Å²) in [6, 6.07) is 9.75. The maximum atomic E-state index is 12.2. The van der Waals surface area contributed by atoms with E-state index in [1.807, 2.05) is 36.4 Å². The van der Waals surface area contributed by atoms with E-state index in [0.29, 0.717) is 13.0 Å². The molecule has 0 fully saturated rings. The van der Waals surface area contributed by atoms with E-state index in [0.717, 1.165) is 5.56 Å². The average Bonchev–Trinajstić information content (AvgIpc) is 2.99. The molecule has 1 aliphatic rings. The molecule has 2 rings (SSSR count). The number of aliphatic hydroxyl groups is 1. The molecule has 0 aromatic heterocycles. The van der Waals surface area contributed by atoms with Crippen LogP contribution in [0.1, 0.15) is 32.8 Å². The number of ether oxygens (including phenoxy) is 2. The van der Waals surface area contributed by atoms with Crippen LogP contribution < -0.4 is 0 Å². The summed E-state index contributed by atoms with van der Waals surface area (Å²) in [6.07, 6.45) is 5.84. The van der Waals surface area contributed by atoms with E-state index in [1.165, 1.54) is 0 Å². The van der Waals surface area contributed by atoms with Gasteiger partial charge in [-0.15, -0.1) is 0 Å². The third-order valence-electron chi connectivity index (χ3n) is 3.78. The van der Waals surface area contributed by atoms with E-state index in [9.17, 15) is 9.90 Å². The number of esters is 1. The molecule has 1 aromatic rings. The van der Waals surface area contributed by atoms with Crippen molar-refractivity contribution in [3.63, 3.8) is 0 Å². The number of carbonyl (C=O) groups is 1. The minimum Gasteiger partial charge on any atom is 0 e. The van der Waals surface area contributed by atoms with Gasteiger partial charge in [0.1, 0.15) is 0 Å². The standard InChI is InChI=1S/C22H26O4.6CO.2Co/c1-22(2,3)21(24)26-18(15-14-17-9-5-4-6-10-17)11-7-13-20-19(23)12-8-16-25-20;6*1-2;;/h4-6,8-10,12,14-15,18-20,23H,13,16H2,1-3H3;;;;;;;;/b15-14+;;;;;;;;/t18?,19-,20+;;;;;;;;/m0......../s1. The Bertz CT molecular complexity index is 927. The SMILES string of the molecule is CC(C)(C)C(=O)OC(C#CC[C@H]1OCC=C[C@@H]1O)/C=C/c1ccccc1.[C-]#[O+].[C-]#[O+].[C-]#[O+].[C-]#[O+].[C-]#[O+].[C-]#[O+].[Co].[Co]. The summed E-state index contributed by atoms with van der Waals surface area (Å²) in [4.78, 5) is 12.2. The van der Waals surface area contributed by atoms with Gasteiger partial charge in [0.2, 0.25) is 0 Å². The fourth-order valence-electron chi connectivity index (χ4n) is 2.21. The first kappa shape index (κ1) is 53.4. The molecule has 3 atom stereocenters. The first-order chi connectivity index (χ1) is 18.4. The van der Waals surface area contributed by atoms with Crippen molar-refractivity contribution < 1.29 is 80.8 Å². The molecule has 40 heavy (non-hydrogen) atoms. The molecule has 0 spiro atoms. The van der Waals surface area contributed by atoms with Crippen LogP contribution in [0.2, 0.25) is 0 Å². The first-order valence-electron chi connectivity index (χ1n) is 9.98. The molecule has 1 N–H and O–H groups in total. The number of hydrogen-bond donors (Lipinski definition) is 1. The number of benzene rings is 1. The zero-order valence-corrected chi connectivity index (χ0v) is 23.7. The van der Waals surface area contributed by atoms with Crippen LogP contribution in [0.15, 0.2) is 48.6 Å². The molecule has 10 nitrogen and oxygen atoms in total. The molecule has 0 saturated heterocycles. The average molecular weight is 640 g/mol. The maximum Gasteiger partial charge on any atom is 0 e. The van der Waals surface area contributed by atoms with Crippen LogP contribution in [0.4, 0.5) is 0 Å². The van der Waals surface area contributed by atoms with Crippen molar-refractivity contribution in [2.75, 3.05) is 6.61 Å². The van der Waals surface area contributed by atoms with Gasteiger partial charge in [0.15, 0.2) is 6.10 Å². The topological polar surface area (TPSA) is 175 Å². The summed E-state index contributed by atoms with van der Waals surface area (Å²) in [5.41, 5.74) is 0.399. The summed E-state index contributed by atoms with van der Waals surface area (Å²) in [5, 5.41) is 9.86. The zero-order chi connectivity index (χ0) is 31.0. The predicted octanol–water partition coefficient (Wildman–Crippen LogP) is 3.14. The van der Waals surface area contributed by atoms with Gasteiger partial charge in [0.25, 0.3) is 0 Å². The third-order valence-corrected chi connectivity index (χ3v) is 3.78. The van der Waals surface area contributed by atoms with Crippen molar-refractivity contribution in [1.29, 1.82) is 0 Å². The van der Waals surface area contributed by atoms with E-state index in [2.05, 4.69) is 51.7 Å². The van der Waals surface area contributed by atoms with Gasteiger partial charge in [0.05, 0.1) is 24.2 Å². The molecular weight excluding hydrogens is 614 g/mol. The van der Waals surface area contributed by atoms with Crippen LogP contribution in [0.3, 0.4) is 0 Å². The molecule has 2 radical (unpaired) electrons. The summed E-state index contributed by atoms with van der Waals surface area (Å²) in [5.74, 6) is 5.63. The Labute approximate surface area is 255 Å². The van der Waals surface area contributed by atoms with Crippen molar-refractivity contribution in [3.8, 4) is 11.8 Å². The maximum absolute atomic E-state index is 12.2. The molecule has 1 unspecified atom stereocenters. The number of hydrogen-bond acceptors (Lipinski definition) is 4. The fraction of sp³-hybridized carbons (Fsp3) is 0.321. The number of rotatable bonds is 4. The van der Waals surface area contributed by atoms with Gasteiger partial charge in [-0.05, 0) is 32.4 Å². The molecule has 1 aromatic carbocycles. The van der Waals surface area contributed by atoms with Gasteiger partial charge >= 0.3 is 73.8 Å². The molecule has 1 heterocycles. The van der Waals surface area contributed by atoms with E-state index in [4.69, 9.17) is 37.4 Å². The van der Waals surface area contributed by atoms with Crippen LogP contribution in [-0.2, 0) is 75.7 Å². The Kier molecular flexibility index (Phi) is 54.2. The third kappa shape index (κ3) is 29.7. The van der Waals surface area contributed by atoms with Crippen molar-refractivity contribution >= 4 is 12.0 Å². The molecular formula is C28H26Co2O10. The van der Waals surface area contributed by atoms with Crippen LogP contribution in [0.25, 0.3) is 6.08 Å². The summed E-state index contributed by atoms with van der Waals surface area (Å²) < 4.78 is 56.0. The normalized spacial score (nSPS) is 14.0. The zero-order valence-electron chi connectivity index (χ0n) is 21.6. The Hall–Kier alpha value is -2.90. The Balaban J connectivity index is -0.000000138. The van der Waals surface area contributed by atoms with Gasteiger partial charge in [0, 0.05) is 40.0 Å². The van der Waals surface area contributed by atoms with Gasteiger partial charge in [-0.2, -0.15) is 0 Å². The second-order valence-electron chi connectivity index (χ2n) is 7.16. The minimum atomic E-state index is -0.659. The Morgan fingerprint density at radius 3 is 1.90 bits per heavy atom. The predicted molar refractivity (Wildman–Crippen MR) is 126 cm³/mol. The second-order valence-corrected chi connectivity index (χ2v) is 7.16. The van der Waals surface area contributed by atoms with Crippen LogP contribution >= 0.6 is 0 Å². The number of carbonyl (C=O) groups excluding carboxylic acids is 1. The second kappa shape index (κ2) is 40.6. The molecule has 0 saturated carbocycles. The Morgan fingerprint density at radius 2 is 1.48 bits per heavy atom. The summed E-state index contributed by atoms with van der Waals surface area (Å²) in [6.45, 7) is 32.9. The largest absolute Gasteiger partial charge is 0 e. The smallest absolute Gasteiger partial charge is 0 e. The van der Waals surface area contributed by atoms with Crippen LogP contribution in [-0.4, -0.2) is 36.0 Å². The van der Waals surface area contributed by atoms with Crippen molar-refractivity contribution in [2.45, 2.75) is 45.5 Å². The first-order valence-corrected chi connectivity index (χ1v) is 9.98. The molecule has 12 heteroatoms. The van der Waals surface area contributed by atoms with E-state index >= 15 is 0 Å². The molecule has 0 aliphatic carbocycles. The summed E-state index contributed by atoms with van der Waals surface area (Å²) >= 11 is 0. The monoisotopic (exact) mass is 640 g/mol. The minimum absolute atomic E-state index is 0. The van der Waals surface area contributed by atoms with Gasteiger partial charge in [-0.25, -0.2) is 0 Å². The number of aliphatic hydroxyl groups excluding tert-OH is 1. The van der Waals surface area contributed by atoms with Gasteiger partial charge in [-0.1, -0.05) is 60.4 Å². The van der Waals surface area contributed by atoms with Gasteiger partial charge in [-0.3, -0.25) is 4.79 Å². The fourth-order valence-corrected chi connectivity index (χ4v) is 2.21. The quantitative estimate of drug-likeness (QED) is 0.175. The molecule has 216 valence electrons. The molecule has 0 amide bonds. The van der Waals surface area contributed by atoms with E-state index in [-0.39, 0.29) is 45.6 Å². The van der Waals surface area contributed by atoms with Crippen molar-refractivity contribution in [3.05, 3.63) is 94.0 Å².